The van der Waals surface area contributed by atoms with E-state index in [-0.39, 0.29) is 37.5 Å². The lowest BCUT2D eigenvalue weighted by Gasteiger charge is -2.18. The minimum Gasteiger partial charge on any atom is -0.462 e. The molecule has 9 heteroatoms. The number of hydrogen-bond acceptors (Lipinski definition) is 9. The van der Waals surface area contributed by atoms with Gasteiger partial charge in [-0.3, -0.25) is 14.4 Å². The summed E-state index contributed by atoms with van der Waals surface area (Å²) in [6.45, 7) is 3.72. The van der Waals surface area contributed by atoms with Crippen LogP contribution >= 0.6 is 0 Å². The van der Waals surface area contributed by atoms with E-state index >= 15 is 0 Å². The maximum atomic E-state index is 12.5. The quantitative estimate of drug-likeness (QED) is 0.0377. The first-order chi connectivity index (χ1) is 21.8. The van der Waals surface area contributed by atoms with Gasteiger partial charge < -0.3 is 29.5 Å². The molecule has 0 rings (SSSR count). The van der Waals surface area contributed by atoms with Crippen LogP contribution in [0.3, 0.4) is 0 Å². The molecule has 0 aromatic rings. The van der Waals surface area contributed by atoms with Crippen LogP contribution in [0.4, 0.5) is 0 Å². The van der Waals surface area contributed by atoms with Crippen LogP contribution in [0, 0.1) is 0 Å². The summed E-state index contributed by atoms with van der Waals surface area (Å²) in [5.41, 5.74) is 0. The fourth-order valence-electron chi connectivity index (χ4n) is 5.15. The smallest absolute Gasteiger partial charge is 0.306 e. The summed E-state index contributed by atoms with van der Waals surface area (Å²) in [6.07, 6.45) is 20.5. The van der Waals surface area contributed by atoms with Gasteiger partial charge in [-0.25, -0.2) is 0 Å². The lowest BCUT2D eigenvalue weighted by molar-refractivity contribution is -0.167. The number of ether oxygens (including phenoxy) is 3. The zero-order chi connectivity index (χ0) is 33.4. The molecule has 9 nitrogen and oxygen atoms in total. The summed E-state index contributed by atoms with van der Waals surface area (Å²) in [5.74, 6) is -1.03. The van der Waals surface area contributed by atoms with Gasteiger partial charge in [0.15, 0.2) is 6.10 Å². The Labute approximate surface area is 274 Å². The number of aliphatic hydroxyl groups is 3. The van der Waals surface area contributed by atoms with E-state index < -0.39 is 24.9 Å². The maximum Gasteiger partial charge on any atom is 0.306 e. The van der Waals surface area contributed by atoms with Crippen LogP contribution in [0.15, 0.2) is 0 Å². The molecule has 0 bridgehead atoms. The van der Waals surface area contributed by atoms with Crippen LogP contribution in [-0.4, -0.2) is 71.4 Å². The van der Waals surface area contributed by atoms with Crippen LogP contribution in [0.5, 0.6) is 0 Å². The standard InChI is InChI=1S/C36H68O9/c1-3-5-7-9-12-17-21-25-34(40)43-29-31(45-36(42)27-23-19-13-10-8-6-4-2)30-44-35(41)26-22-18-15-11-14-16-20-24-32(38)33(39)28-37/h31-33,37-39H,3-30H2,1-2H3. The second kappa shape index (κ2) is 32.2. The first-order valence-corrected chi connectivity index (χ1v) is 18.3. The molecule has 266 valence electrons. The van der Waals surface area contributed by atoms with Crippen molar-refractivity contribution in [1.82, 2.24) is 0 Å². The Kier molecular flexibility index (Phi) is 31.0. The number of hydrogen-bond donors (Lipinski definition) is 3. The van der Waals surface area contributed by atoms with E-state index in [1.807, 2.05) is 0 Å². The Balaban J connectivity index is 4.33. The van der Waals surface area contributed by atoms with E-state index in [1.54, 1.807) is 0 Å². The highest BCUT2D eigenvalue weighted by Gasteiger charge is 2.19. The molecule has 0 aromatic carbocycles. The summed E-state index contributed by atoms with van der Waals surface area (Å²) in [4.78, 5) is 37.1. The van der Waals surface area contributed by atoms with Gasteiger partial charge in [0, 0.05) is 19.3 Å². The third kappa shape index (κ3) is 29.4. The van der Waals surface area contributed by atoms with Crippen LogP contribution in [0.2, 0.25) is 0 Å². The van der Waals surface area contributed by atoms with Gasteiger partial charge in [-0.05, 0) is 25.7 Å². The third-order valence-electron chi connectivity index (χ3n) is 8.14. The zero-order valence-electron chi connectivity index (χ0n) is 28.8. The summed E-state index contributed by atoms with van der Waals surface area (Å²) >= 11 is 0. The fraction of sp³-hybridized carbons (Fsp3) is 0.917. The van der Waals surface area contributed by atoms with Crippen molar-refractivity contribution in [2.75, 3.05) is 19.8 Å². The molecule has 0 saturated heterocycles. The topological polar surface area (TPSA) is 140 Å². The van der Waals surface area contributed by atoms with Crippen LogP contribution in [-0.2, 0) is 28.6 Å². The summed E-state index contributed by atoms with van der Waals surface area (Å²) < 4.78 is 16.4. The molecular weight excluding hydrogens is 576 g/mol. The predicted octanol–water partition coefficient (Wildman–Crippen LogP) is 7.49. The SMILES string of the molecule is CCCCCCCCCC(=O)OCC(COC(=O)CCCCCCCCCC(O)C(O)CO)OC(=O)CCCCCCCCC. The highest BCUT2D eigenvalue weighted by atomic mass is 16.6. The minimum atomic E-state index is -1.07. The summed E-state index contributed by atoms with van der Waals surface area (Å²) in [6, 6.07) is 0. The fourth-order valence-corrected chi connectivity index (χ4v) is 5.15. The minimum absolute atomic E-state index is 0.110. The second-order valence-electron chi connectivity index (χ2n) is 12.6. The summed E-state index contributed by atoms with van der Waals surface area (Å²) in [5, 5.41) is 27.9. The molecule has 0 aromatic heterocycles. The van der Waals surface area contributed by atoms with Gasteiger partial charge in [-0.15, -0.1) is 0 Å². The first kappa shape index (κ1) is 43.3. The second-order valence-corrected chi connectivity index (χ2v) is 12.6. The van der Waals surface area contributed by atoms with E-state index in [4.69, 9.17) is 19.3 Å². The van der Waals surface area contributed by atoms with Gasteiger partial charge >= 0.3 is 17.9 Å². The maximum absolute atomic E-state index is 12.5. The number of carbonyl (C=O) groups is 3. The van der Waals surface area contributed by atoms with E-state index in [1.165, 1.54) is 51.4 Å². The number of esters is 3. The monoisotopic (exact) mass is 644 g/mol. The third-order valence-corrected chi connectivity index (χ3v) is 8.14. The number of aliphatic hydroxyl groups excluding tert-OH is 3. The predicted molar refractivity (Wildman–Crippen MR) is 178 cm³/mol. The molecule has 0 aliphatic heterocycles. The van der Waals surface area contributed by atoms with Crippen molar-refractivity contribution < 1.29 is 43.9 Å². The average molecular weight is 645 g/mol. The van der Waals surface area contributed by atoms with Crippen molar-refractivity contribution in [2.24, 2.45) is 0 Å². The molecule has 3 N–H and O–H groups in total. The van der Waals surface area contributed by atoms with E-state index in [0.29, 0.717) is 25.7 Å². The highest BCUT2D eigenvalue weighted by Crippen LogP contribution is 2.14. The van der Waals surface area contributed by atoms with Gasteiger partial charge in [0.2, 0.25) is 0 Å². The Morgan fingerprint density at radius 3 is 1.24 bits per heavy atom. The molecule has 0 heterocycles. The van der Waals surface area contributed by atoms with Crippen molar-refractivity contribution in [3.8, 4) is 0 Å². The summed E-state index contributed by atoms with van der Waals surface area (Å²) in [7, 11) is 0. The Bertz CT molecular complexity index is 700. The highest BCUT2D eigenvalue weighted by molar-refractivity contribution is 5.71. The molecule has 0 fully saturated rings. The number of rotatable bonds is 33. The first-order valence-electron chi connectivity index (χ1n) is 18.3. The molecule has 0 amide bonds. The molecule has 0 spiro atoms. The number of unbranched alkanes of at least 4 members (excludes halogenated alkanes) is 18. The molecule has 0 radical (unpaired) electrons. The van der Waals surface area contributed by atoms with E-state index in [0.717, 1.165) is 77.0 Å². The van der Waals surface area contributed by atoms with Crippen molar-refractivity contribution in [2.45, 2.75) is 193 Å². The Hall–Kier alpha value is -1.71. The number of carbonyl (C=O) groups excluding carboxylic acids is 3. The molecule has 0 saturated carbocycles. The van der Waals surface area contributed by atoms with Gasteiger partial charge in [-0.1, -0.05) is 129 Å². The van der Waals surface area contributed by atoms with Crippen LogP contribution < -0.4 is 0 Å². The van der Waals surface area contributed by atoms with Crippen LogP contribution in [0.1, 0.15) is 174 Å². The van der Waals surface area contributed by atoms with E-state index in [9.17, 15) is 24.6 Å². The Morgan fingerprint density at radius 2 is 0.844 bits per heavy atom. The molecule has 0 aliphatic carbocycles. The lowest BCUT2D eigenvalue weighted by Crippen LogP contribution is -2.30. The zero-order valence-corrected chi connectivity index (χ0v) is 28.8. The molecule has 3 atom stereocenters. The normalized spacial score (nSPS) is 13.3. The molecular formula is C36H68O9. The lowest BCUT2D eigenvalue weighted by atomic mass is 10.0. The van der Waals surface area contributed by atoms with Crippen molar-refractivity contribution in [3.05, 3.63) is 0 Å². The van der Waals surface area contributed by atoms with Gasteiger partial charge in [-0.2, -0.15) is 0 Å². The van der Waals surface area contributed by atoms with E-state index in [2.05, 4.69) is 13.8 Å². The van der Waals surface area contributed by atoms with Crippen LogP contribution in [0.25, 0.3) is 0 Å². The molecule has 0 aliphatic rings. The Morgan fingerprint density at radius 1 is 0.489 bits per heavy atom. The van der Waals surface area contributed by atoms with Crippen molar-refractivity contribution >= 4 is 17.9 Å². The average Bonchev–Trinajstić information content (AvgIpc) is 3.03. The van der Waals surface area contributed by atoms with Gasteiger partial charge in [0.25, 0.3) is 0 Å². The van der Waals surface area contributed by atoms with Gasteiger partial charge in [0.05, 0.1) is 12.7 Å². The van der Waals surface area contributed by atoms with Crippen molar-refractivity contribution in [3.63, 3.8) is 0 Å². The molecule has 45 heavy (non-hydrogen) atoms. The largest absolute Gasteiger partial charge is 0.462 e. The van der Waals surface area contributed by atoms with Gasteiger partial charge in [0.1, 0.15) is 19.3 Å². The molecule has 3 unspecified atom stereocenters. The van der Waals surface area contributed by atoms with Crippen molar-refractivity contribution in [1.29, 1.82) is 0 Å².